The maximum absolute atomic E-state index is 10.7. The summed E-state index contributed by atoms with van der Waals surface area (Å²) < 4.78 is 59.2. The molecule has 0 saturated heterocycles. The van der Waals surface area contributed by atoms with Crippen LogP contribution in [0.1, 0.15) is 0 Å². The third-order valence-corrected chi connectivity index (χ3v) is 4.89. The first-order valence-electron chi connectivity index (χ1n) is 10.7. The molecule has 0 unspecified atom stereocenters. The topological polar surface area (TPSA) is 14.2 Å². The third-order valence-electron chi connectivity index (χ3n) is 4.89. The van der Waals surface area contributed by atoms with Gasteiger partial charge in [0.25, 0.3) is 0 Å². The molecule has 0 aliphatic heterocycles. The quantitative estimate of drug-likeness (QED) is 0.268. The Morgan fingerprint density at radius 1 is 0.514 bits per heavy atom. The number of quaternary nitrogens is 1. The second-order valence-electron chi connectivity index (χ2n) is 8.58. The summed E-state index contributed by atoms with van der Waals surface area (Å²) in [6.07, 6.45) is 0. The van der Waals surface area contributed by atoms with Crippen LogP contribution in [0.2, 0.25) is 0 Å². The van der Waals surface area contributed by atoms with Crippen molar-refractivity contribution in [3.05, 3.63) is 72.8 Å². The fourth-order valence-electron chi connectivity index (χ4n) is 3.54. The Morgan fingerprint density at radius 2 is 0.800 bits per heavy atom. The van der Waals surface area contributed by atoms with Gasteiger partial charge in [-0.2, -0.15) is 0 Å². The number of anilines is 5. The molecular formula is C24H31F6N4P. The van der Waals surface area contributed by atoms with Crippen LogP contribution in [0.4, 0.5) is 59.3 Å². The molecule has 4 nitrogen and oxygen atoms in total. The number of hydrogen-bond donors (Lipinski definition) is 1. The summed E-state index contributed by atoms with van der Waals surface area (Å²) in [4.78, 5) is 8.02. The van der Waals surface area contributed by atoms with E-state index < -0.39 is 7.81 Å². The van der Waals surface area contributed by atoms with Gasteiger partial charge in [-0.05, 0) is 30.3 Å². The van der Waals surface area contributed by atoms with E-state index in [1.54, 1.807) is 0 Å². The van der Waals surface area contributed by atoms with Crippen molar-refractivity contribution >= 4 is 41.9 Å². The summed E-state index contributed by atoms with van der Waals surface area (Å²) in [5.74, 6) is 0. The molecule has 0 bridgehead atoms. The predicted molar refractivity (Wildman–Crippen MR) is 136 cm³/mol. The molecule has 0 aliphatic carbocycles. The van der Waals surface area contributed by atoms with Gasteiger partial charge >= 0.3 is 33.0 Å². The Labute approximate surface area is 202 Å². The van der Waals surface area contributed by atoms with E-state index in [0.717, 1.165) is 11.4 Å². The van der Waals surface area contributed by atoms with E-state index >= 15 is 0 Å². The van der Waals surface area contributed by atoms with Crippen LogP contribution in [0.3, 0.4) is 0 Å². The molecule has 0 atom stereocenters. The van der Waals surface area contributed by atoms with Gasteiger partial charge < -0.3 is 19.6 Å². The molecule has 0 heterocycles. The van der Waals surface area contributed by atoms with E-state index in [9.17, 15) is 25.2 Å². The zero-order valence-electron chi connectivity index (χ0n) is 20.5. The molecule has 0 fully saturated rings. The Bertz CT molecular complexity index is 1010. The van der Waals surface area contributed by atoms with Crippen molar-refractivity contribution in [2.75, 3.05) is 57.0 Å². The van der Waals surface area contributed by atoms with Gasteiger partial charge in [0.05, 0.1) is 36.8 Å². The molecule has 3 aromatic carbocycles. The van der Waals surface area contributed by atoms with E-state index in [0.29, 0.717) is 0 Å². The van der Waals surface area contributed by atoms with Crippen molar-refractivity contribution in [1.82, 2.24) is 0 Å². The SMILES string of the molecule is CN(C)c1ccccc1N(c1ccccc1N(C)C)c1ccccc1[NH+](C)C.F[P-](F)(F)(F)(F)F. The van der Waals surface area contributed by atoms with Crippen molar-refractivity contribution < 1.29 is 30.1 Å². The Morgan fingerprint density at radius 3 is 1.11 bits per heavy atom. The summed E-state index contributed by atoms with van der Waals surface area (Å²) in [5.41, 5.74) is 7.13. The van der Waals surface area contributed by atoms with Crippen molar-refractivity contribution in [1.29, 1.82) is 0 Å². The Hall–Kier alpha value is -2.97. The van der Waals surface area contributed by atoms with Gasteiger partial charge in [0, 0.05) is 34.3 Å². The monoisotopic (exact) mass is 520 g/mol. The first-order valence-corrected chi connectivity index (χ1v) is 12.7. The number of benzene rings is 3. The normalized spacial score (nSPS) is 13.3. The van der Waals surface area contributed by atoms with Crippen LogP contribution in [0.15, 0.2) is 72.8 Å². The van der Waals surface area contributed by atoms with Gasteiger partial charge in [-0.3, -0.25) is 0 Å². The summed E-state index contributed by atoms with van der Waals surface area (Å²) in [7, 11) is 2.07. The van der Waals surface area contributed by atoms with E-state index in [2.05, 4.69) is 130 Å². The Balaban J connectivity index is 0.000000540. The summed E-state index contributed by atoms with van der Waals surface area (Å²) in [6, 6.07) is 25.8. The fourth-order valence-corrected chi connectivity index (χ4v) is 3.54. The van der Waals surface area contributed by atoms with Gasteiger partial charge in [0.1, 0.15) is 5.69 Å². The predicted octanol–water partition coefficient (Wildman–Crippen LogP) is 7.45. The third kappa shape index (κ3) is 8.96. The van der Waals surface area contributed by atoms with E-state index in [1.807, 2.05) is 0 Å². The molecule has 35 heavy (non-hydrogen) atoms. The van der Waals surface area contributed by atoms with Crippen LogP contribution in [0.25, 0.3) is 0 Å². The molecular weight excluding hydrogens is 489 g/mol. The molecule has 0 amide bonds. The molecule has 0 aliphatic rings. The van der Waals surface area contributed by atoms with Crippen molar-refractivity contribution in [3.8, 4) is 0 Å². The van der Waals surface area contributed by atoms with Crippen LogP contribution < -0.4 is 19.6 Å². The van der Waals surface area contributed by atoms with Gasteiger partial charge in [-0.15, -0.1) is 0 Å². The first kappa shape index (κ1) is 28.3. The number of hydrogen-bond acceptors (Lipinski definition) is 3. The zero-order valence-corrected chi connectivity index (χ0v) is 21.4. The van der Waals surface area contributed by atoms with E-state index in [-0.39, 0.29) is 0 Å². The molecule has 0 aromatic heterocycles. The fraction of sp³-hybridized carbons (Fsp3) is 0.250. The van der Waals surface area contributed by atoms with Gasteiger partial charge in [0.2, 0.25) is 0 Å². The number of rotatable bonds is 6. The van der Waals surface area contributed by atoms with Crippen molar-refractivity contribution in [3.63, 3.8) is 0 Å². The standard InChI is InChI=1S/C24H30N4.F6P/c1-25(2)19-13-7-10-16-22(19)28(23-17-11-8-14-20(23)26(3)4)24-18-12-9-15-21(24)27(5)6;1-7(2,3,4,5)6/h7-18H,1-6H3;/q;-1/p+1. The number of halogens is 6. The number of nitrogens with zero attached hydrogens (tertiary/aromatic N) is 3. The van der Waals surface area contributed by atoms with Crippen LogP contribution in [0, 0.1) is 0 Å². The van der Waals surface area contributed by atoms with Crippen LogP contribution in [-0.2, 0) is 0 Å². The number of nitrogens with one attached hydrogen (secondary N) is 1. The van der Waals surface area contributed by atoms with Crippen LogP contribution in [-0.4, -0.2) is 42.3 Å². The number of para-hydroxylation sites is 6. The van der Waals surface area contributed by atoms with E-state index in [1.165, 1.54) is 27.6 Å². The molecule has 0 radical (unpaired) electrons. The summed E-state index contributed by atoms with van der Waals surface area (Å²) in [5, 5.41) is 0. The second-order valence-corrected chi connectivity index (χ2v) is 10.5. The molecule has 0 spiro atoms. The Kier molecular flexibility index (Phi) is 7.74. The average molecular weight is 521 g/mol. The maximum atomic E-state index is 9.87. The van der Waals surface area contributed by atoms with Gasteiger partial charge in [-0.1, -0.05) is 36.4 Å². The van der Waals surface area contributed by atoms with Crippen LogP contribution >= 0.6 is 7.81 Å². The van der Waals surface area contributed by atoms with E-state index in [4.69, 9.17) is 0 Å². The van der Waals surface area contributed by atoms with Gasteiger partial charge in [-0.25, -0.2) is 0 Å². The summed E-state index contributed by atoms with van der Waals surface area (Å²) in [6.45, 7) is 0. The minimum absolute atomic E-state index is 1.16. The van der Waals surface area contributed by atoms with Gasteiger partial charge in [0.15, 0.2) is 5.69 Å². The zero-order chi connectivity index (χ0) is 26.7. The second kappa shape index (κ2) is 9.59. The molecule has 11 heteroatoms. The molecule has 3 rings (SSSR count). The average Bonchev–Trinajstić information content (AvgIpc) is 2.72. The van der Waals surface area contributed by atoms with Crippen molar-refractivity contribution in [2.24, 2.45) is 0 Å². The molecule has 1 N–H and O–H groups in total. The molecule has 3 aromatic rings. The molecule has 0 saturated carbocycles. The first-order chi connectivity index (χ1) is 15.9. The minimum atomic E-state index is -10.7. The van der Waals surface area contributed by atoms with Crippen LogP contribution in [0.5, 0.6) is 0 Å². The summed E-state index contributed by atoms with van der Waals surface area (Å²) >= 11 is 0. The van der Waals surface area contributed by atoms with Crippen molar-refractivity contribution in [2.45, 2.75) is 0 Å². The molecule has 194 valence electrons.